The standard InChI is InChI=1S/C10H12BrNO3S/c11-9-2-1-7(15-9)5-12-3-4-16-6-8(12)10(13)14/h1-2,8H,3-6H2,(H,13,14). The minimum absolute atomic E-state index is 0.400. The van der Waals surface area contributed by atoms with Crippen molar-refractivity contribution in [3.63, 3.8) is 0 Å². The summed E-state index contributed by atoms with van der Waals surface area (Å²) in [5.74, 6) is 1.67. The van der Waals surface area contributed by atoms with Crippen molar-refractivity contribution in [2.75, 3.05) is 18.1 Å². The Hall–Kier alpha value is -0.460. The lowest BCUT2D eigenvalue weighted by molar-refractivity contribution is -0.142. The maximum Gasteiger partial charge on any atom is 0.321 e. The Bertz CT molecular complexity index is 382. The van der Waals surface area contributed by atoms with Crippen LogP contribution in [0.4, 0.5) is 0 Å². The van der Waals surface area contributed by atoms with Crippen LogP contribution in [-0.2, 0) is 11.3 Å². The fourth-order valence-electron chi connectivity index (χ4n) is 1.69. The van der Waals surface area contributed by atoms with Gasteiger partial charge >= 0.3 is 5.97 Å². The molecule has 1 aromatic heterocycles. The first-order valence-corrected chi connectivity index (χ1v) is 6.90. The van der Waals surface area contributed by atoms with Crippen molar-refractivity contribution >= 4 is 33.7 Å². The summed E-state index contributed by atoms with van der Waals surface area (Å²) >= 11 is 4.92. The minimum atomic E-state index is -0.752. The van der Waals surface area contributed by atoms with Crippen LogP contribution in [0.25, 0.3) is 0 Å². The van der Waals surface area contributed by atoms with E-state index in [1.807, 2.05) is 17.0 Å². The summed E-state index contributed by atoms with van der Waals surface area (Å²) < 4.78 is 6.07. The first-order chi connectivity index (χ1) is 7.66. The van der Waals surface area contributed by atoms with Gasteiger partial charge in [0, 0.05) is 18.1 Å². The monoisotopic (exact) mass is 305 g/mol. The fourth-order valence-corrected chi connectivity index (χ4v) is 3.14. The van der Waals surface area contributed by atoms with Gasteiger partial charge in [-0.15, -0.1) is 0 Å². The van der Waals surface area contributed by atoms with Crippen molar-refractivity contribution in [2.45, 2.75) is 12.6 Å². The molecule has 0 aromatic carbocycles. The van der Waals surface area contributed by atoms with E-state index in [-0.39, 0.29) is 0 Å². The van der Waals surface area contributed by atoms with Gasteiger partial charge in [-0.05, 0) is 28.1 Å². The summed E-state index contributed by atoms with van der Waals surface area (Å²) in [4.78, 5) is 13.0. The van der Waals surface area contributed by atoms with Gasteiger partial charge in [-0.3, -0.25) is 9.69 Å². The van der Waals surface area contributed by atoms with E-state index in [1.165, 1.54) is 0 Å². The van der Waals surface area contributed by atoms with Gasteiger partial charge in [0.05, 0.1) is 6.54 Å². The average molecular weight is 306 g/mol. The van der Waals surface area contributed by atoms with E-state index in [4.69, 9.17) is 9.52 Å². The van der Waals surface area contributed by atoms with Crippen LogP contribution in [0.1, 0.15) is 5.76 Å². The molecule has 0 saturated carbocycles. The van der Waals surface area contributed by atoms with Crippen LogP contribution in [0, 0.1) is 0 Å². The molecule has 0 bridgehead atoms. The first-order valence-electron chi connectivity index (χ1n) is 4.95. The summed E-state index contributed by atoms with van der Waals surface area (Å²) in [5.41, 5.74) is 0. The quantitative estimate of drug-likeness (QED) is 0.926. The van der Waals surface area contributed by atoms with E-state index in [0.717, 1.165) is 18.1 Å². The molecule has 1 atom stereocenters. The SMILES string of the molecule is O=C(O)C1CSCCN1Cc1ccc(Br)o1. The summed E-state index contributed by atoms with van der Waals surface area (Å²) in [6, 6.07) is 3.29. The lowest BCUT2D eigenvalue weighted by atomic mass is 10.2. The van der Waals surface area contributed by atoms with E-state index in [0.29, 0.717) is 17.0 Å². The smallest absolute Gasteiger partial charge is 0.321 e. The molecular formula is C10H12BrNO3S. The largest absolute Gasteiger partial charge is 0.480 e. The second-order valence-electron chi connectivity index (χ2n) is 3.61. The van der Waals surface area contributed by atoms with Crippen LogP contribution in [0.3, 0.4) is 0 Å². The Morgan fingerprint density at radius 3 is 3.12 bits per heavy atom. The van der Waals surface area contributed by atoms with Gasteiger partial charge in [0.2, 0.25) is 0 Å². The molecule has 1 N–H and O–H groups in total. The summed E-state index contributed by atoms with van der Waals surface area (Å²) in [6.07, 6.45) is 0. The third kappa shape index (κ3) is 2.81. The zero-order valence-electron chi connectivity index (χ0n) is 8.56. The molecule has 0 amide bonds. The Kier molecular flexibility index (Phi) is 3.94. The zero-order chi connectivity index (χ0) is 11.5. The number of rotatable bonds is 3. The molecule has 88 valence electrons. The number of carboxylic acid groups (broad SMARTS) is 1. The van der Waals surface area contributed by atoms with E-state index in [2.05, 4.69) is 15.9 Å². The van der Waals surface area contributed by atoms with Gasteiger partial charge in [-0.25, -0.2) is 0 Å². The molecule has 1 aliphatic rings. The van der Waals surface area contributed by atoms with Gasteiger partial charge in [0.15, 0.2) is 4.67 Å². The van der Waals surface area contributed by atoms with Gasteiger partial charge in [0.25, 0.3) is 0 Å². The first kappa shape index (κ1) is 12.0. The average Bonchev–Trinajstić information content (AvgIpc) is 2.64. The van der Waals surface area contributed by atoms with E-state index in [1.54, 1.807) is 11.8 Å². The lowest BCUT2D eigenvalue weighted by Gasteiger charge is -2.31. The predicted octanol–water partition coefficient (Wildman–Crippen LogP) is 2.04. The highest BCUT2D eigenvalue weighted by Crippen LogP contribution is 2.21. The normalized spacial score (nSPS) is 22.2. The molecule has 1 fully saturated rings. The molecule has 0 spiro atoms. The summed E-state index contributed by atoms with van der Waals surface area (Å²) in [7, 11) is 0. The molecule has 16 heavy (non-hydrogen) atoms. The zero-order valence-corrected chi connectivity index (χ0v) is 11.0. The van der Waals surface area contributed by atoms with E-state index < -0.39 is 12.0 Å². The Balaban J connectivity index is 2.03. The molecule has 1 unspecified atom stereocenters. The van der Waals surface area contributed by atoms with Crippen molar-refractivity contribution in [2.24, 2.45) is 0 Å². The number of carbonyl (C=O) groups is 1. The molecule has 4 nitrogen and oxygen atoms in total. The molecule has 2 rings (SSSR count). The third-order valence-corrected chi connectivity index (χ3v) is 3.96. The number of thioether (sulfide) groups is 1. The molecule has 6 heteroatoms. The van der Waals surface area contributed by atoms with Crippen LogP contribution in [-0.4, -0.2) is 40.1 Å². The van der Waals surface area contributed by atoms with Crippen molar-refractivity contribution in [1.29, 1.82) is 0 Å². The van der Waals surface area contributed by atoms with Crippen molar-refractivity contribution in [3.8, 4) is 0 Å². The Morgan fingerprint density at radius 1 is 1.69 bits per heavy atom. The molecule has 2 heterocycles. The number of aliphatic carboxylic acids is 1. The van der Waals surface area contributed by atoms with Crippen LogP contribution in [0.5, 0.6) is 0 Å². The van der Waals surface area contributed by atoms with Gasteiger partial charge in [-0.2, -0.15) is 11.8 Å². The summed E-state index contributed by atoms with van der Waals surface area (Å²) in [5, 5.41) is 9.10. The number of hydrogen-bond donors (Lipinski definition) is 1. The number of furan rings is 1. The maximum absolute atomic E-state index is 11.1. The molecule has 1 aliphatic heterocycles. The number of hydrogen-bond acceptors (Lipinski definition) is 4. The highest BCUT2D eigenvalue weighted by molar-refractivity contribution is 9.10. The second-order valence-corrected chi connectivity index (χ2v) is 5.54. The highest BCUT2D eigenvalue weighted by Gasteiger charge is 2.29. The van der Waals surface area contributed by atoms with Crippen molar-refractivity contribution in [3.05, 3.63) is 22.6 Å². The minimum Gasteiger partial charge on any atom is -0.480 e. The van der Waals surface area contributed by atoms with E-state index in [9.17, 15) is 4.79 Å². The van der Waals surface area contributed by atoms with Crippen LogP contribution in [0.2, 0.25) is 0 Å². The Labute approximate surface area is 106 Å². The molecule has 0 aliphatic carbocycles. The number of nitrogens with zero attached hydrogens (tertiary/aromatic N) is 1. The lowest BCUT2D eigenvalue weighted by Crippen LogP contribution is -2.46. The molecule has 0 radical (unpaired) electrons. The van der Waals surface area contributed by atoms with Crippen LogP contribution >= 0.6 is 27.7 Å². The summed E-state index contributed by atoms with van der Waals surface area (Å²) in [6.45, 7) is 1.35. The van der Waals surface area contributed by atoms with Gasteiger partial charge in [-0.1, -0.05) is 0 Å². The third-order valence-electron chi connectivity index (χ3n) is 2.51. The second kappa shape index (κ2) is 5.25. The van der Waals surface area contributed by atoms with Crippen LogP contribution < -0.4 is 0 Å². The number of carboxylic acids is 1. The predicted molar refractivity (Wildman–Crippen MR) is 65.6 cm³/mol. The Morgan fingerprint density at radius 2 is 2.50 bits per heavy atom. The van der Waals surface area contributed by atoms with Gasteiger partial charge < -0.3 is 9.52 Å². The molecule has 1 aromatic rings. The van der Waals surface area contributed by atoms with Crippen molar-refractivity contribution in [1.82, 2.24) is 4.90 Å². The maximum atomic E-state index is 11.1. The topological polar surface area (TPSA) is 53.7 Å². The fraction of sp³-hybridized carbons (Fsp3) is 0.500. The van der Waals surface area contributed by atoms with Crippen LogP contribution in [0.15, 0.2) is 21.2 Å². The highest BCUT2D eigenvalue weighted by atomic mass is 79.9. The van der Waals surface area contributed by atoms with Crippen molar-refractivity contribution < 1.29 is 14.3 Å². The number of halogens is 1. The molecular weight excluding hydrogens is 294 g/mol. The van der Waals surface area contributed by atoms with Gasteiger partial charge in [0.1, 0.15) is 11.8 Å². The van der Waals surface area contributed by atoms with E-state index >= 15 is 0 Å². The molecule has 1 saturated heterocycles.